The molecule has 2 aliphatic rings. The van der Waals surface area contributed by atoms with Gasteiger partial charge in [-0.3, -0.25) is 4.57 Å². The molecule has 57 heavy (non-hydrogen) atoms. The molecule has 4 aromatic rings. The van der Waals surface area contributed by atoms with Crippen molar-refractivity contribution in [3.8, 4) is 5.75 Å². The lowest BCUT2D eigenvalue weighted by Gasteiger charge is -2.31. The Labute approximate surface area is 334 Å². The highest BCUT2D eigenvalue weighted by Crippen LogP contribution is 2.49. The Hall–Kier alpha value is -4.11. The zero-order valence-electron chi connectivity index (χ0n) is 32.1. The maximum Gasteiger partial charge on any atom is 0.407 e. The molecule has 0 unspecified atom stereocenters. The van der Waals surface area contributed by atoms with E-state index >= 15 is 0 Å². The molecule has 4 aromatic carbocycles. The molecule has 0 aromatic heterocycles. The van der Waals surface area contributed by atoms with Crippen molar-refractivity contribution in [2.24, 2.45) is 11.8 Å². The van der Waals surface area contributed by atoms with Gasteiger partial charge in [0.2, 0.25) is 10.0 Å². The fourth-order valence-electron chi connectivity index (χ4n) is 6.64. The lowest BCUT2D eigenvalue weighted by molar-refractivity contribution is -0.0907. The summed E-state index contributed by atoms with van der Waals surface area (Å²) in [6.45, 7) is 4.49. The summed E-state index contributed by atoms with van der Waals surface area (Å²) in [6, 6.07) is 32.7. The first-order valence-electron chi connectivity index (χ1n) is 19.1. The third-order valence-electron chi connectivity index (χ3n) is 9.66. The summed E-state index contributed by atoms with van der Waals surface area (Å²) >= 11 is 0. The summed E-state index contributed by atoms with van der Waals surface area (Å²) in [5.41, 5.74) is 2.36. The maximum atomic E-state index is 13.9. The molecule has 13 nitrogen and oxygen atoms in total. The number of sulfonamides is 1. The van der Waals surface area contributed by atoms with Gasteiger partial charge in [-0.25, -0.2) is 13.2 Å². The smallest absolute Gasteiger partial charge is 0.407 e. The van der Waals surface area contributed by atoms with Gasteiger partial charge in [0.1, 0.15) is 11.9 Å². The fraction of sp³-hybridized carbons (Fsp3) is 0.405. The van der Waals surface area contributed by atoms with Gasteiger partial charge in [0.15, 0.2) is 12.6 Å². The van der Waals surface area contributed by atoms with Crippen LogP contribution in [0.15, 0.2) is 120 Å². The second-order valence-electron chi connectivity index (χ2n) is 14.6. The van der Waals surface area contributed by atoms with E-state index in [1.54, 1.807) is 42.5 Å². The average Bonchev–Trinajstić information content (AvgIpc) is 3.85. The first-order valence-corrected chi connectivity index (χ1v) is 22.3. The van der Waals surface area contributed by atoms with Gasteiger partial charge in [-0.2, -0.15) is 4.31 Å². The zero-order valence-corrected chi connectivity index (χ0v) is 33.8. The van der Waals surface area contributed by atoms with Gasteiger partial charge >= 0.3 is 13.7 Å². The number of carbonyl (C=O) groups excluding carboxylic acids is 1. The average molecular weight is 823 g/mol. The van der Waals surface area contributed by atoms with Crippen molar-refractivity contribution in [2.75, 3.05) is 32.7 Å². The van der Waals surface area contributed by atoms with Crippen LogP contribution in [-0.2, 0) is 57.5 Å². The van der Waals surface area contributed by atoms with Crippen LogP contribution in [0.2, 0.25) is 0 Å². The minimum Gasteiger partial charge on any atom is -0.481 e. The third kappa shape index (κ3) is 12.2. The van der Waals surface area contributed by atoms with Crippen LogP contribution in [0.25, 0.3) is 0 Å². The Morgan fingerprint density at radius 3 is 2.04 bits per heavy atom. The van der Waals surface area contributed by atoms with Crippen molar-refractivity contribution in [1.29, 1.82) is 0 Å². The molecule has 2 saturated heterocycles. The largest absolute Gasteiger partial charge is 0.481 e. The fourth-order valence-corrected chi connectivity index (χ4v) is 9.51. The maximum absolute atomic E-state index is 13.9. The molecule has 5 atom stereocenters. The number of aliphatic hydroxyl groups excluding tert-OH is 1. The SMILES string of the molecule is CC(C)CN(C[C@@H](O)[C@H](Cc1ccc(OCP(=O)(OCc2ccccc2)OCc2ccccc2)cc1)NC(=O)O[C@H]1CO[C@H]2OCC[C@H]21)S(=O)(=O)c1ccccc1. The second kappa shape index (κ2) is 20.0. The number of carbonyl (C=O) groups is 1. The summed E-state index contributed by atoms with van der Waals surface area (Å²) in [5.74, 6) is 0.250. The number of nitrogens with zero attached hydrogens (tertiary/aromatic N) is 1. The normalized spacial score (nSPS) is 19.3. The van der Waals surface area contributed by atoms with Crippen LogP contribution in [0.1, 0.15) is 37.0 Å². The van der Waals surface area contributed by atoms with Gasteiger partial charge in [-0.15, -0.1) is 0 Å². The van der Waals surface area contributed by atoms with Gasteiger partial charge in [-0.05, 0) is 59.7 Å². The van der Waals surface area contributed by atoms with E-state index in [0.29, 0.717) is 24.3 Å². The Balaban J connectivity index is 1.15. The Morgan fingerprint density at radius 2 is 1.44 bits per heavy atom. The summed E-state index contributed by atoms with van der Waals surface area (Å²) < 4.78 is 77.3. The minimum absolute atomic E-state index is 0.0497. The minimum atomic E-state index is -3.98. The molecule has 2 N–H and O–H groups in total. The molecule has 0 aliphatic carbocycles. The monoisotopic (exact) mass is 822 g/mol. The third-order valence-corrected chi connectivity index (χ3v) is 13.0. The molecular formula is C42H51N2O11PS. The molecule has 1 amide bonds. The predicted molar refractivity (Wildman–Crippen MR) is 213 cm³/mol. The van der Waals surface area contributed by atoms with E-state index < -0.39 is 48.3 Å². The van der Waals surface area contributed by atoms with Crippen molar-refractivity contribution in [3.63, 3.8) is 0 Å². The Kier molecular flexibility index (Phi) is 14.9. The van der Waals surface area contributed by atoms with E-state index in [4.69, 9.17) is 28.0 Å². The number of hydrogen-bond acceptors (Lipinski definition) is 11. The lowest BCUT2D eigenvalue weighted by atomic mass is 10.0. The molecule has 15 heteroatoms. The van der Waals surface area contributed by atoms with Gasteiger partial charge < -0.3 is 38.4 Å². The number of alkyl carbamates (subject to hydrolysis) is 1. The number of hydrogen-bond donors (Lipinski definition) is 2. The van der Waals surface area contributed by atoms with E-state index in [9.17, 15) is 22.9 Å². The molecule has 6 rings (SSSR count). The summed E-state index contributed by atoms with van der Waals surface area (Å²) in [4.78, 5) is 13.5. The first kappa shape index (κ1) is 42.5. The van der Waals surface area contributed by atoms with Gasteiger partial charge in [0, 0.05) is 13.1 Å². The van der Waals surface area contributed by atoms with Crippen molar-refractivity contribution in [3.05, 3.63) is 132 Å². The molecule has 2 fully saturated rings. The van der Waals surface area contributed by atoms with Crippen molar-refractivity contribution in [1.82, 2.24) is 9.62 Å². The second-order valence-corrected chi connectivity index (χ2v) is 18.5. The molecular weight excluding hydrogens is 772 g/mol. The topological polar surface area (TPSA) is 159 Å². The molecule has 0 radical (unpaired) electrons. The molecule has 306 valence electrons. The van der Waals surface area contributed by atoms with Gasteiger partial charge in [0.05, 0.1) is 49.4 Å². The predicted octanol–water partition coefficient (Wildman–Crippen LogP) is 6.76. The molecule has 0 bridgehead atoms. The van der Waals surface area contributed by atoms with E-state index in [1.165, 1.54) is 16.4 Å². The van der Waals surface area contributed by atoms with E-state index in [2.05, 4.69) is 5.32 Å². The van der Waals surface area contributed by atoms with Crippen LogP contribution in [-0.4, -0.2) is 81.1 Å². The van der Waals surface area contributed by atoms with E-state index in [0.717, 1.165) is 11.1 Å². The van der Waals surface area contributed by atoms with Crippen molar-refractivity contribution in [2.45, 2.75) is 69.3 Å². The van der Waals surface area contributed by atoms with Crippen LogP contribution >= 0.6 is 7.60 Å². The molecule has 0 spiro atoms. The highest BCUT2D eigenvalue weighted by Gasteiger charge is 2.44. The van der Waals surface area contributed by atoms with Crippen LogP contribution in [0.3, 0.4) is 0 Å². The summed E-state index contributed by atoms with van der Waals surface area (Å²) in [5, 5.41) is 14.5. The number of amides is 1. The number of ether oxygens (including phenoxy) is 4. The molecule has 2 aliphatic heterocycles. The number of fused-ring (bicyclic) bond motifs is 1. The highest BCUT2D eigenvalue weighted by atomic mass is 32.2. The van der Waals surface area contributed by atoms with Crippen molar-refractivity contribution < 1.29 is 50.9 Å². The van der Waals surface area contributed by atoms with Crippen molar-refractivity contribution >= 4 is 23.7 Å². The summed E-state index contributed by atoms with van der Waals surface area (Å²) in [6.07, 6.45) is -2.57. The number of nitrogens with one attached hydrogen (secondary N) is 1. The number of benzene rings is 4. The highest BCUT2D eigenvalue weighted by molar-refractivity contribution is 7.89. The van der Waals surface area contributed by atoms with E-state index in [1.807, 2.05) is 74.5 Å². The Bertz CT molecular complexity index is 1960. The van der Waals surface area contributed by atoms with Gasteiger partial charge in [0.25, 0.3) is 0 Å². The molecule has 2 heterocycles. The van der Waals surface area contributed by atoms with Crippen LogP contribution in [0.4, 0.5) is 4.79 Å². The number of aliphatic hydroxyl groups is 1. The summed E-state index contributed by atoms with van der Waals surface area (Å²) in [7, 11) is -7.73. The van der Waals surface area contributed by atoms with Crippen LogP contribution in [0, 0.1) is 11.8 Å². The van der Waals surface area contributed by atoms with Crippen LogP contribution < -0.4 is 10.1 Å². The number of rotatable bonds is 20. The molecule has 0 saturated carbocycles. The zero-order chi connectivity index (χ0) is 40.3. The van der Waals surface area contributed by atoms with Gasteiger partial charge in [-0.1, -0.05) is 105 Å². The Morgan fingerprint density at radius 1 is 0.842 bits per heavy atom. The lowest BCUT2D eigenvalue weighted by Crippen LogP contribution is -2.51. The standard InChI is InChI=1S/C42H51N2O11PS/c1-31(2)25-44(57(48,49)36-16-10-5-11-17-36)26-39(45)38(43-42(46)55-40-29-51-41-37(40)22-23-50-41)24-32-18-20-35(21-19-32)52-30-56(47,53-27-33-12-6-3-7-13-33)54-28-34-14-8-4-9-15-34/h3-21,31,37-41,45H,22-30H2,1-2H3,(H,43,46)/t37-,38-,39+,40-,41+/m0/s1. The van der Waals surface area contributed by atoms with Crippen LogP contribution in [0.5, 0.6) is 5.75 Å². The quantitative estimate of drug-likeness (QED) is 0.0908. The first-order chi connectivity index (χ1) is 27.5. The van der Waals surface area contributed by atoms with E-state index in [-0.39, 0.29) is 62.4 Å².